The van der Waals surface area contributed by atoms with Crippen LogP contribution >= 0.6 is 28.1 Å². The van der Waals surface area contributed by atoms with Crippen LogP contribution < -0.4 is 10.6 Å². The fraction of sp³-hybridized carbons (Fsp3) is 0.364. The van der Waals surface area contributed by atoms with Crippen molar-refractivity contribution in [2.24, 2.45) is 5.73 Å². The van der Waals surface area contributed by atoms with Crippen molar-refractivity contribution in [2.45, 2.75) is 12.5 Å². The van der Waals surface area contributed by atoms with Gasteiger partial charge in [-0.05, 0) is 24.6 Å². The normalized spacial score (nSPS) is 20.1. The molecule has 0 aromatic heterocycles. The zero-order chi connectivity index (χ0) is 11.7. The maximum Gasteiger partial charge on any atom is 0.106 e. The summed E-state index contributed by atoms with van der Waals surface area (Å²) in [6.45, 7) is 1.49. The molecule has 1 aromatic rings. The molecule has 0 aliphatic carbocycles. The summed E-state index contributed by atoms with van der Waals surface area (Å²) in [5.41, 5.74) is 7.56. The summed E-state index contributed by atoms with van der Waals surface area (Å²) in [6.07, 6.45) is 0.543. The van der Waals surface area contributed by atoms with Crippen molar-refractivity contribution in [3.63, 3.8) is 0 Å². The van der Waals surface area contributed by atoms with E-state index in [0.717, 1.165) is 28.7 Å². The van der Waals surface area contributed by atoms with E-state index in [4.69, 9.17) is 18.0 Å². The number of hydrogen-bond acceptors (Lipinski definition) is 3. The highest BCUT2D eigenvalue weighted by Crippen LogP contribution is 2.28. The molecular formula is C11H13BrN2OS. The molecule has 1 fully saturated rings. The van der Waals surface area contributed by atoms with Gasteiger partial charge in [-0.2, -0.15) is 0 Å². The first-order valence-corrected chi connectivity index (χ1v) is 6.30. The molecule has 0 radical (unpaired) electrons. The van der Waals surface area contributed by atoms with Gasteiger partial charge in [0.25, 0.3) is 0 Å². The number of nitrogens with two attached hydrogens (primary N) is 1. The summed E-state index contributed by atoms with van der Waals surface area (Å²) in [4.78, 5) is 2.51. The van der Waals surface area contributed by atoms with Gasteiger partial charge in [-0.15, -0.1) is 0 Å². The average molecular weight is 301 g/mol. The van der Waals surface area contributed by atoms with Crippen LogP contribution in [0.4, 0.5) is 5.69 Å². The second-order valence-electron chi connectivity index (χ2n) is 3.91. The third-order valence-electron chi connectivity index (χ3n) is 2.73. The van der Waals surface area contributed by atoms with Crippen LogP contribution in [-0.4, -0.2) is 29.3 Å². The standard InChI is InChI=1S/C11H13BrN2OS/c12-7-1-2-9(11(13)16)10(5-7)14-4-3-8(15)6-14/h1-2,5,8,15H,3-4,6H2,(H2,13,16). The number of anilines is 1. The zero-order valence-corrected chi connectivity index (χ0v) is 11.1. The minimum atomic E-state index is -0.252. The predicted molar refractivity (Wildman–Crippen MR) is 72.9 cm³/mol. The molecule has 0 saturated carbocycles. The van der Waals surface area contributed by atoms with E-state index in [1.165, 1.54) is 0 Å². The van der Waals surface area contributed by atoms with Crippen LogP contribution in [0.2, 0.25) is 0 Å². The number of hydrogen-bond donors (Lipinski definition) is 2. The van der Waals surface area contributed by atoms with Gasteiger partial charge in [0.1, 0.15) is 4.99 Å². The fourth-order valence-electron chi connectivity index (χ4n) is 1.94. The first kappa shape index (κ1) is 11.8. The Balaban J connectivity index is 2.37. The number of aliphatic hydroxyl groups is 1. The molecule has 1 aromatic carbocycles. The van der Waals surface area contributed by atoms with Crippen molar-refractivity contribution >= 4 is 38.8 Å². The molecular weight excluding hydrogens is 288 g/mol. The Morgan fingerprint density at radius 2 is 2.31 bits per heavy atom. The number of β-amino-alcohol motifs (C(OH)–C–C–N with tert-alkyl or cyclic N) is 1. The zero-order valence-electron chi connectivity index (χ0n) is 8.69. The number of aliphatic hydroxyl groups excluding tert-OH is 1. The van der Waals surface area contributed by atoms with Crippen LogP contribution in [0, 0.1) is 0 Å². The average Bonchev–Trinajstić information content (AvgIpc) is 2.64. The lowest BCUT2D eigenvalue weighted by Gasteiger charge is -2.21. The highest BCUT2D eigenvalue weighted by Gasteiger charge is 2.23. The summed E-state index contributed by atoms with van der Waals surface area (Å²) in [5.74, 6) is 0. The van der Waals surface area contributed by atoms with E-state index >= 15 is 0 Å². The largest absolute Gasteiger partial charge is 0.391 e. The molecule has 1 atom stereocenters. The van der Waals surface area contributed by atoms with Gasteiger partial charge in [0.2, 0.25) is 0 Å². The van der Waals surface area contributed by atoms with Crippen LogP contribution in [-0.2, 0) is 0 Å². The molecule has 0 bridgehead atoms. The van der Waals surface area contributed by atoms with E-state index in [-0.39, 0.29) is 6.10 Å². The predicted octanol–water partition coefficient (Wildman–Crippen LogP) is 1.65. The Morgan fingerprint density at radius 1 is 1.56 bits per heavy atom. The molecule has 3 N–H and O–H groups in total. The van der Waals surface area contributed by atoms with Crippen LogP contribution in [0.5, 0.6) is 0 Å². The molecule has 86 valence electrons. The smallest absolute Gasteiger partial charge is 0.106 e. The summed E-state index contributed by atoms with van der Waals surface area (Å²) in [6, 6.07) is 5.82. The molecule has 1 heterocycles. The summed E-state index contributed by atoms with van der Waals surface area (Å²) in [5, 5.41) is 9.54. The molecule has 0 amide bonds. The first-order valence-electron chi connectivity index (χ1n) is 5.10. The van der Waals surface area contributed by atoms with Gasteiger partial charge in [0, 0.05) is 28.8 Å². The topological polar surface area (TPSA) is 49.5 Å². The van der Waals surface area contributed by atoms with E-state index in [1.807, 2.05) is 18.2 Å². The number of halogens is 1. The lowest BCUT2D eigenvalue weighted by molar-refractivity contribution is 0.198. The van der Waals surface area contributed by atoms with Gasteiger partial charge in [0.15, 0.2) is 0 Å². The Bertz CT molecular complexity index is 424. The van der Waals surface area contributed by atoms with Gasteiger partial charge in [-0.3, -0.25) is 0 Å². The second kappa shape index (κ2) is 4.69. The Morgan fingerprint density at radius 3 is 2.88 bits per heavy atom. The SMILES string of the molecule is NC(=S)c1ccc(Br)cc1N1CCC(O)C1. The molecule has 0 spiro atoms. The van der Waals surface area contributed by atoms with Crippen LogP contribution in [0.3, 0.4) is 0 Å². The molecule has 1 aliphatic heterocycles. The summed E-state index contributed by atoms with van der Waals surface area (Å²) >= 11 is 8.47. The van der Waals surface area contributed by atoms with Crippen LogP contribution in [0.25, 0.3) is 0 Å². The van der Waals surface area contributed by atoms with E-state index in [1.54, 1.807) is 0 Å². The molecule has 5 heteroatoms. The van der Waals surface area contributed by atoms with Crippen molar-refractivity contribution in [3.8, 4) is 0 Å². The Kier molecular flexibility index (Phi) is 3.47. The molecule has 16 heavy (non-hydrogen) atoms. The van der Waals surface area contributed by atoms with Gasteiger partial charge in [-0.25, -0.2) is 0 Å². The Hall–Kier alpha value is -0.650. The minimum Gasteiger partial charge on any atom is -0.391 e. The third kappa shape index (κ3) is 2.36. The molecule has 1 unspecified atom stereocenters. The van der Waals surface area contributed by atoms with Gasteiger partial charge in [-0.1, -0.05) is 28.1 Å². The van der Waals surface area contributed by atoms with Gasteiger partial charge >= 0.3 is 0 Å². The van der Waals surface area contributed by atoms with Crippen molar-refractivity contribution in [3.05, 3.63) is 28.2 Å². The molecule has 1 saturated heterocycles. The van der Waals surface area contributed by atoms with E-state index in [2.05, 4.69) is 20.8 Å². The molecule has 3 nitrogen and oxygen atoms in total. The van der Waals surface area contributed by atoms with E-state index in [0.29, 0.717) is 11.5 Å². The van der Waals surface area contributed by atoms with Crippen molar-refractivity contribution in [1.29, 1.82) is 0 Å². The fourth-order valence-corrected chi connectivity index (χ4v) is 2.46. The van der Waals surface area contributed by atoms with E-state index in [9.17, 15) is 5.11 Å². The molecule has 2 rings (SSSR count). The Labute approximate surface area is 108 Å². The quantitative estimate of drug-likeness (QED) is 0.816. The number of rotatable bonds is 2. The van der Waals surface area contributed by atoms with Crippen molar-refractivity contribution < 1.29 is 5.11 Å². The second-order valence-corrected chi connectivity index (χ2v) is 5.27. The van der Waals surface area contributed by atoms with Crippen molar-refractivity contribution in [2.75, 3.05) is 18.0 Å². The van der Waals surface area contributed by atoms with E-state index < -0.39 is 0 Å². The first-order chi connectivity index (χ1) is 7.58. The van der Waals surface area contributed by atoms with Crippen LogP contribution in [0.15, 0.2) is 22.7 Å². The highest BCUT2D eigenvalue weighted by atomic mass is 79.9. The maximum absolute atomic E-state index is 9.54. The monoisotopic (exact) mass is 300 g/mol. The summed E-state index contributed by atoms with van der Waals surface area (Å²) in [7, 11) is 0. The van der Waals surface area contributed by atoms with Crippen LogP contribution in [0.1, 0.15) is 12.0 Å². The van der Waals surface area contributed by atoms with Gasteiger partial charge in [0.05, 0.1) is 6.10 Å². The minimum absolute atomic E-state index is 0.252. The van der Waals surface area contributed by atoms with Crippen molar-refractivity contribution in [1.82, 2.24) is 0 Å². The summed E-state index contributed by atoms with van der Waals surface area (Å²) < 4.78 is 0.990. The van der Waals surface area contributed by atoms with Gasteiger partial charge < -0.3 is 15.7 Å². The third-order valence-corrected chi connectivity index (χ3v) is 3.44. The maximum atomic E-state index is 9.54. The highest BCUT2D eigenvalue weighted by molar-refractivity contribution is 9.10. The molecule has 1 aliphatic rings. The number of nitrogens with zero attached hydrogens (tertiary/aromatic N) is 1. The number of thiocarbonyl (C=S) groups is 1. The number of benzene rings is 1. The lowest BCUT2D eigenvalue weighted by atomic mass is 10.1. The lowest BCUT2D eigenvalue weighted by Crippen LogP contribution is -2.24.